The van der Waals surface area contributed by atoms with Crippen LogP contribution in [0, 0.1) is 0 Å². The third-order valence-electron chi connectivity index (χ3n) is 3.05. The van der Waals surface area contributed by atoms with Crippen LogP contribution in [0.3, 0.4) is 0 Å². The SMILES string of the molecule is CC.CCc1ccc2c(c1)CN(C(=O)OC(C)(C)C)C2. The number of nitrogens with zero attached hydrogens (tertiary/aromatic N) is 1. The Morgan fingerprint density at radius 1 is 1.20 bits per heavy atom. The zero-order chi connectivity index (χ0) is 15.3. The van der Waals surface area contributed by atoms with E-state index in [4.69, 9.17) is 4.74 Å². The summed E-state index contributed by atoms with van der Waals surface area (Å²) >= 11 is 0. The minimum Gasteiger partial charge on any atom is -0.444 e. The summed E-state index contributed by atoms with van der Waals surface area (Å²) in [6, 6.07) is 6.45. The van der Waals surface area contributed by atoms with Gasteiger partial charge in [0.05, 0.1) is 0 Å². The van der Waals surface area contributed by atoms with Crippen molar-refractivity contribution in [2.75, 3.05) is 0 Å². The molecule has 0 N–H and O–H groups in total. The van der Waals surface area contributed by atoms with Crippen molar-refractivity contribution in [1.29, 1.82) is 0 Å². The highest BCUT2D eigenvalue weighted by atomic mass is 16.6. The van der Waals surface area contributed by atoms with Gasteiger partial charge in [0.25, 0.3) is 0 Å². The molecule has 1 aliphatic rings. The first-order chi connectivity index (χ1) is 9.39. The smallest absolute Gasteiger partial charge is 0.410 e. The normalized spacial score (nSPS) is 13.4. The lowest BCUT2D eigenvalue weighted by molar-refractivity contribution is 0.0242. The van der Waals surface area contributed by atoms with Crippen molar-refractivity contribution in [2.24, 2.45) is 0 Å². The van der Waals surface area contributed by atoms with E-state index in [-0.39, 0.29) is 6.09 Å². The van der Waals surface area contributed by atoms with Gasteiger partial charge in [-0.25, -0.2) is 4.79 Å². The molecule has 3 nitrogen and oxygen atoms in total. The van der Waals surface area contributed by atoms with Crippen molar-refractivity contribution in [3.63, 3.8) is 0 Å². The molecule has 0 fully saturated rings. The van der Waals surface area contributed by atoms with Crippen LogP contribution in [0.2, 0.25) is 0 Å². The van der Waals surface area contributed by atoms with Gasteiger partial charge in [0.2, 0.25) is 0 Å². The Kier molecular flexibility index (Phi) is 5.61. The van der Waals surface area contributed by atoms with E-state index in [0.717, 1.165) is 6.42 Å². The molecule has 0 bridgehead atoms. The molecule has 112 valence electrons. The molecule has 1 heterocycles. The van der Waals surface area contributed by atoms with Gasteiger partial charge in [-0.15, -0.1) is 0 Å². The maximum atomic E-state index is 12.0. The zero-order valence-electron chi connectivity index (χ0n) is 13.6. The van der Waals surface area contributed by atoms with Crippen LogP contribution < -0.4 is 0 Å². The molecule has 0 spiro atoms. The van der Waals surface area contributed by atoms with Gasteiger partial charge < -0.3 is 4.74 Å². The van der Waals surface area contributed by atoms with Gasteiger partial charge in [-0.1, -0.05) is 39.0 Å². The number of rotatable bonds is 1. The molecule has 0 atom stereocenters. The van der Waals surface area contributed by atoms with Gasteiger partial charge in [0.1, 0.15) is 5.60 Å². The van der Waals surface area contributed by atoms with E-state index >= 15 is 0 Å². The summed E-state index contributed by atoms with van der Waals surface area (Å²) in [4.78, 5) is 13.7. The van der Waals surface area contributed by atoms with E-state index in [9.17, 15) is 4.79 Å². The van der Waals surface area contributed by atoms with Crippen molar-refractivity contribution in [3.8, 4) is 0 Å². The highest BCUT2D eigenvalue weighted by Crippen LogP contribution is 2.25. The molecular formula is C17H27NO2. The van der Waals surface area contributed by atoms with E-state index in [0.29, 0.717) is 13.1 Å². The van der Waals surface area contributed by atoms with Crippen molar-refractivity contribution in [1.82, 2.24) is 4.90 Å². The molecule has 0 radical (unpaired) electrons. The predicted octanol–water partition coefficient (Wildman–Crippen LogP) is 4.53. The van der Waals surface area contributed by atoms with Crippen LogP contribution in [0.25, 0.3) is 0 Å². The molecular weight excluding hydrogens is 250 g/mol. The first kappa shape index (κ1) is 16.5. The molecule has 1 aromatic rings. The standard InChI is InChI=1S/C15H21NO2.C2H6/c1-5-11-6-7-12-9-16(10-13(12)8-11)14(17)18-15(2,3)4;1-2/h6-8H,5,9-10H2,1-4H3;1-2H3. The Morgan fingerprint density at radius 2 is 1.80 bits per heavy atom. The quantitative estimate of drug-likeness (QED) is 0.755. The number of amides is 1. The average molecular weight is 277 g/mol. The summed E-state index contributed by atoms with van der Waals surface area (Å²) in [5.74, 6) is 0. The van der Waals surface area contributed by atoms with Crippen molar-refractivity contribution >= 4 is 6.09 Å². The highest BCUT2D eigenvalue weighted by Gasteiger charge is 2.27. The first-order valence-electron chi connectivity index (χ1n) is 7.47. The lowest BCUT2D eigenvalue weighted by atomic mass is 10.1. The predicted molar refractivity (Wildman–Crippen MR) is 82.6 cm³/mol. The minimum atomic E-state index is -0.430. The Morgan fingerprint density at radius 3 is 2.35 bits per heavy atom. The molecule has 1 aromatic carbocycles. The number of carbonyl (C=O) groups is 1. The Labute approximate surface area is 122 Å². The molecule has 1 amide bonds. The van der Waals surface area contributed by atoms with Crippen molar-refractivity contribution < 1.29 is 9.53 Å². The number of hydrogen-bond acceptors (Lipinski definition) is 2. The Hall–Kier alpha value is -1.51. The van der Waals surface area contributed by atoms with Crippen LogP contribution in [0.4, 0.5) is 4.79 Å². The zero-order valence-corrected chi connectivity index (χ0v) is 13.6. The number of fused-ring (bicyclic) bond motifs is 1. The second-order valence-corrected chi connectivity index (χ2v) is 5.79. The van der Waals surface area contributed by atoms with Crippen LogP contribution in [0.15, 0.2) is 18.2 Å². The number of aryl methyl sites for hydroxylation is 1. The molecule has 1 aliphatic heterocycles. The van der Waals surface area contributed by atoms with E-state index in [1.807, 2.05) is 34.6 Å². The second kappa shape index (κ2) is 6.78. The summed E-state index contributed by atoms with van der Waals surface area (Å²) in [6.07, 6.45) is 0.802. The maximum Gasteiger partial charge on any atom is 0.410 e. The van der Waals surface area contributed by atoms with Crippen molar-refractivity contribution in [3.05, 3.63) is 34.9 Å². The molecule has 0 saturated carbocycles. The van der Waals surface area contributed by atoms with Crippen molar-refractivity contribution in [2.45, 2.75) is 66.7 Å². The fourth-order valence-corrected chi connectivity index (χ4v) is 2.12. The van der Waals surface area contributed by atoms with E-state index in [2.05, 4.69) is 25.1 Å². The van der Waals surface area contributed by atoms with Gasteiger partial charge in [-0.2, -0.15) is 0 Å². The lowest BCUT2D eigenvalue weighted by Gasteiger charge is -2.24. The van der Waals surface area contributed by atoms with Crippen LogP contribution in [-0.4, -0.2) is 16.6 Å². The van der Waals surface area contributed by atoms with Gasteiger partial charge in [-0.3, -0.25) is 4.90 Å². The molecule has 2 rings (SSSR count). The van der Waals surface area contributed by atoms with E-state index in [1.165, 1.54) is 16.7 Å². The van der Waals surface area contributed by atoms with Crippen LogP contribution in [0.5, 0.6) is 0 Å². The molecule has 20 heavy (non-hydrogen) atoms. The first-order valence-corrected chi connectivity index (χ1v) is 7.47. The molecule has 0 unspecified atom stereocenters. The van der Waals surface area contributed by atoms with Crippen LogP contribution >= 0.6 is 0 Å². The number of carbonyl (C=O) groups excluding carboxylic acids is 1. The largest absolute Gasteiger partial charge is 0.444 e. The summed E-state index contributed by atoms with van der Waals surface area (Å²) in [5, 5.41) is 0. The lowest BCUT2D eigenvalue weighted by Crippen LogP contribution is -2.33. The topological polar surface area (TPSA) is 29.5 Å². The van der Waals surface area contributed by atoms with E-state index in [1.54, 1.807) is 4.90 Å². The summed E-state index contributed by atoms with van der Waals surface area (Å²) in [6.45, 7) is 13.1. The molecule has 0 aromatic heterocycles. The van der Waals surface area contributed by atoms with Crippen LogP contribution in [-0.2, 0) is 24.2 Å². The van der Waals surface area contributed by atoms with Gasteiger partial charge in [0.15, 0.2) is 0 Å². The Bertz CT molecular complexity index is 461. The molecule has 3 heteroatoms. The fourth-order valence-electron chi connectivity index (χ4n) is 2.12. The molecule has 0 aliphatic carbocycles. The monoisotopic (exact) mass is 277 g/mol. The maximum absolute atomic E-state index is 12.0. The highest BCUT2D eigenvalue weighted by molar-refractivity contribution is 5.69. The third-order valence-corrected chi connectivity index (χ3v) is 3.05. The van der Waals surface area contributed by atoms with Gasteiger partial charge >= 0.3 is 6.09 Å². The number of benzene rings is 1. The summed E-state index contributed by atoms with van der Waals surface area (Å²) in [5.41, 5.74) is 3.37. The average Bonchev–Trinajstić information content (AvgIpc) is 2.82. The molecule has 0 saturated heterocycles. The van der Waals surface area contributed by atoms with E-state index < -0.39 is 5.60 Å². The summed E-state index contributed by atoms with van der Waals surface area (Å²) in [7, 11) is 0. The Balaban J connectivity index is 0.000000956. The summed E-state index contributed by atoms with van der Waals surface area (Å²) < 4.78 is 5.40. The third kappa shape index (κ3) is 4.26. The number of ether oxygens (including phenoxy) is 1. The second-order valence-electron chi connectivity index (χ2n) is 5.79. The van der Waals surface area contributed by atoms with Crippen LogP contribution in [0.1, 0.15) is 58.2 Å². The number of hydrogen-bond donors (Lipinski definition) is 0. The van der Waals surface area contributed by atoms with Gasteiger partial charge in [0, 0.05) is 13.1 Å². The minimum absolute atomic E-state index is 0.225. The fraction of sp³-hybridized carbons (Fsp3) is 0.588. The van der Waals surface area contributed by atoms with Gasteiger partial charge in [-0.05, 0) is 43.9 Å².